The van der Waals surface area contributed by atoms with Crippen molar-refractivity contribution in [3.63, 3.8) is 0 Å². The number of benzene rings is 2. The fourth-order valence-corrected chi connectivity index (χ4v) is 4.09. The lowest BCUT2D eigenvalue weighted by Gasteiger charge is -2.34. The lowest BCUT2D eigenvalue weighted by molar-refractivity contribution is -0.140. The summed E-state index contributed by atoms with van der Waals surface area (Å²) >= 11 is 0. The molecule has 0 aliphatic rings. The molecule has 0 aliphatic heterocycles. The number of anilines is 1. The average Bonchev–Trinajstić information content (AvgIpc) is 2.87. The van der Waals surface area contributed by atoms with E-state index in [0.29, 0.717) is 16.8 Å². The predicted octanol–water partition coefficient (Wildman–Crippen LogP) is 4.14. The number of alkyl carbamates (subject to hydrolysis) is 1. The van der Waals surface area contributed by atoms with Crippen LogP contribution in [0.15, 0.2) is 55.1 Å². The van der Waals surface area contributed by atoms with Gasteiger partial charge in [-0.25, -0.2) is 4.79 Å². The Balaban J connectivity index is 2.57. The number of carbonyl (C=O) groups is 4. The summed E-state index contributed by atoms with van der Waals surface area (Å²) in [5.41, 5.74) is 7.94. The van der Waals surface area contributed by atoms with Gasteiger partial charge < -0.3 is 26.0 Å². The van der Waals surface area contributed by atoms with Crippen molar-refractivity contribution < 1.29 is 23.9 Å². The minimum absolute atomic E-state index is 0.0381. The number of hydrogen-bond acceptors (Lipinski definition) is 5. The Hall–Kier alpha value is -4.58. The molecule has 4 amide bonds. The van der Waals surface area contributed by atoms with E-state index in [1.807, 2.05) is 32.0 Å². The highest BCUT2D eigenvalue weighted by Gasteiger charge is 2.36. The monoisotopic (exact) mass is 546 g/mol. The molecular weight excluding hydrogens is 508 g/mol. The summed E-state index contributed by atoms with van der Waals surface area (Å²) in [6.07, 6.45) is 5.88. The van der Waals surface area contributed by atoms with Crippen molar-refractivity contribution in [3.8, 4) is 12.3 Å². The summed E-state index contributed by atoms with van der Waals surface area (Å²) in [4.78, 5) is 53.4. The number of primary amides is 1. The number of carbonyl (C=O) groups excluding carboxylic acids is 4. The number of rotatable bonds is 11. The van der Waals surface area contributed by atoms with Gasteiger partial charge in [0.1, 0.15) is 17.7 Å². The van der Waals surface area contributed by atoms with Crippen molar-refractivity contribution in [1.82, 2.24) is 10.2 Å². The molecule has 0 spiro atoms. The second-order valence-corrected chi connectivity index (χ2v) is 10.4. The van der Waals surface area contributed by atoms with Crippen LogP contribution in [0.5, 0.6) is 0 Å². The molecule has 9 nitrogen and oxygen atoms in total. The largest absolute Gasteiger partial charge is 0.444 e. The fourth-order valence-electron chi connectivity index (χ4n) is 4.09. The quantitative estimate of drug-likeness (QED) is 0.288. The van der Waals surface area contributed by atoms with Gasteiger partial charge >= 0.3 is 6.09 Å². The van der Waals surface area contributed by atoms with Crippen molar-refractivity contribution in [3.05, 3.63) is 77.4 Å². The van der Waals surface area contributed by atoms with Crippen LogP contribution in [0.3, 0.4) is 0 Å². The molecule has 2 unspecified atom stereocenters. The second-order valence-electron chi connectivity index (χ2n) is 10.4. The van der Waals surface area contributed by atoms with E-state index < -0.39 is 41.5 Å². The summed E-state index contributed by atoms with van der Waals surface area (Å²) in [5, 5.41) is 5.51. The van der Waals surface area contributed by atoms with Crippen molar-refractivity contribution in [2.75, 3.05) is 11.9 Å². The molecule has 4 N–H and O–H groups in total. The molecule has 0 aliphatic carbocycles. The minimum Gasteiger partial charge on any atom is -0.444 e. The summed E-state index contributed by atoms with van der Waals surface area (Å²) < 4.78 is 5.33. The van der Waals surface area contributed by atoms with E-state index in [1.165, 1.54) is 11.0 Å². The maximum Gasteiger partial charge on any atom is 0.408 e. The lowest BCUT2D eigenvalue weighted by atomic mass is 9.99. The number of hydrogen-bond donors (Lipinski definition) is 3. The third-order valence-electron chi connectivity index (χ3n) is 5.96. The van der Waals surface area contributed by atoms with E-state index in [1.54, 1.807) is 45.0 Å². The van der Waals surface area contributed by atoms with Crippen molar-refractivity contribution >= 4 is 29.5 Å². The van der Waals surface area contributed by atoms with Crippen LogP contribution in [0.4, 0.5) is 10.5 Å². The Morgan fingerprint density at radius 2 is 1.70 bits per heavy atom. The number of ether oxygens (including phenoxy) is 1. The Labute approximate surface area is 236 Å². The van der Waals surface area contributed by atoms with E-state index in [4.69, 9.17) is 16.9 Å². The molecule has 0 bridgehead atoms. The number of nitrogens with one attached hydrogen (secondary N) is 2. The highest BCUT2D eigenvalue weighted by atomic mass is 16.6. The Morgan fingerprint density at radius 1 is 1.10 bits per heavy atom. The molecule has 212 valence electrons. The van der Waals surface area contributed by atoms with E-state index in [-0.39, 0.29) is 19.4 Å². The number of nitrogens with zero attached hydrogens (tertiary/aromatic N) is 1. The first-order valence-corrected chi connectivity index (χ1v) is 12.9. The number of terminal acetylenes is 1. The van der Waals surface area contributed by atoms with Crippen molar-refractivity contribution in [2.45, 2.75) is 65.1 Å². The summed E-state index contributed by atoms with van der Waals surface area (Å²) in [7, 11) is 0. The minimum atomic E-state index is -1.21. The van der Waals surface area contributed by atoms with Gasteiger partial charge in [-0.1, -0.05) is 42.3 Å². The standard InChI is InChI=1S/C31H38N4O5/c1-8-19-35(29(38)24(17-18-25(32)36)33-30(39)40-31(5,6)7)27(23-15-13-22(9-2)14-16-23)28(37)34-26-20(3)11-10-12-21(26)4/h2,8,10-16,24,27H,1,17-19H2,3-7H3,(H2,32,36)(H,33,39)(H,34,37). The maximum atomic E-state index is 14.0. The van der Waals surface area contributed by atoms with Gasteiger partial charge in [0.15, 0.2) is 0 Å². The molecule has 40 heavy (non-hydrogen) atoms. The van der Waals surface area contributed by atoms with Crippen LogP contribution in [0.25, 0.3) is 0 Å². The van der Waals surface area contributed by atoms with Gasteiger partial charge in [0, 0.05) is 24.2 Å². The average molecular weight is 547 g/mol. The first-order valence-electron chi connectivity index (χ1n) is 12.9. The molecule has 0 saturated heterocycles. The van der Waals surface area contributed by atoms with Crippen molar-refractivity contribution in [2.24, 2.45) is 5.73 Å². The van der Waals surface area contributed by atoms with Gasteiger partial charge in [0.05, 0.1) is 0 Å². The zero-order chi connectivity index (χ0) is 30.0. The van der Waals surface area contributed by atoms with Crippen LogP contribution in [0.2, 0.25) is 0 Å². The van der Waals surface area contributed by atoms with Gasteiger partial charge in [0.25, 0.3) is 5.91 Å². The third-order valence-corrected chi connectivity index (χ3v) is 5.96. The second kappa shape index (κ2) is 14.0. The summed E-state index contributed by atoms with van der Waals surface area (Å²) in [6.45, 7) is 12.5. The van der Waals surface area contributed by atoms with E-state index in [0.717, 1.165) is 11.1 Å². The Bertz CT molecular complexity index is 1270. The molecule has 2 aromatic rings. The SMILES string of the molecule is C#Cc1ccc(C(C(=O)Nc2c(C)cccc2C)N(CC=C)C(=O)C(CCC(N)=O)NC(=O)OC(C)(C)C)cc1. The highest BCUT2D eigenvalue weighted by molar-refractivity contribution is 6.00. The lowest BCUT2D eigenvalue weighted by Crippen LogP contribution is -2.52. The van der Waals surface area contributed by atoms with Crippen LogP contribution >= 0.6 is 0 Å². The molecular formula is C31H38N4O5. The van der Waals surface area contributed by atoms with Crippen LogP contribution in [-0.4, -0.2) is 46.9 Å². The molecule has 0 saturated carbocycles. The maximum absolute atomic E-state index is 14.0. The van der Waals surface area contributed by atoms with Gasteiger partial charge in [-0.15, -0.1) is 13.0 Å². The fraction of sp³-hybridized carbons (Fsp3) is 0.355. The Kier molecular flexibility index (Phi) is 11.1. The molecule has 0 fully saturated rings. The van der Waals surface area contributed by atoms with Crippen LogP contribution in [0, 0.1) is 26.2 Å². The molecule has 9 heteroatoms. The number of amides is 4. The van der Waals surface area contributed by atoms with Crippen LogP contribution < -0.4 is 16.4 Å². The Morgan fingerprint density at radius 3 is 2.20 bits per heavy atom. The molecule has 0 aromatic heterocycles. The molecule has 0 radical (unpaired) electrons. The zero-order valence-electron chi connectivity index (χ0n) is 23.7. The number of nitrogens with two attached hydrogens (primary N) is 1. The number of aryl methyl sites for hydroxylation is 2. The van der Waals surface area contributed by atoms with Gasteiger partial charge in [-0.05, 0) is 69.9 Å². The van der Waals surface area contributed by atoms with Crippen LogP contribution in [0.1, 0.15) is 61.9 Å². The first kappa shape index (κ1) is 31.6. The topological polar surface area (TPSA) is 131 Å². The smallest absolute Gasteiger partial charge is 0.408 e. The summed E-state index contributed by atoms with van der Waals surface area (Å²) in [5.74, 6) is 0.797. The van der Waals surface area contributed by atoms with Gasteiger partial charge in [-0.3, -0.25) is 14.4 Å². The zero-order valence-corrected chi connectivity index (χ0v) is 23.7. The highest BCUT2D eigenvalue weighted by Crippen LogP contribution is 2.27. The van der Waals surface area contributed by atoms with E-state index in [2.05, 4.69) is 23.1 Å². The molecule has 2 rings (SSSR count). The van der Waals surface area contributed by atoms with Gasteiger partial charge in [-0.2, -0.15) is 0 Å². The van der Waals surface area contributed by atoms with E-state index >= 15 is 0 Å². The normalized spacial score (nSPS) is 12.3. The molecule has 2 atom stereocenters. The summed E-state index contributed by atoms with van der Waals surface area (Å²) in [6, 6.07) is 9.99. The predicted molar refractivity (Wildman–Crippen MR) is 155 cm³/mol. The first-order chi connectivity index (χ1) is 18.8. The van der Waals surface area contributed by atoms with E-state index in [9.17, 15) is 19.2 Å². The number of para-hydroxylation sites is 1. The third kappa shape index (κ3) is 9.02. The van der Waals surface area contributed by atoms with Crippen molar-refractivity contribution in [1.29, 1.82) is 0 Å². The molecule has 0 heterocycles. The van der Waals surface area contributed by atoms with Crippen LogP contribution in [-0.2, 0) is 19.1 Å². The molecule has 2 aromatic carbocycles. The van der Waals surface area contributed by atoms with Gasteiger partial charge in [0.2, 0.25) is 11.8 Å².